The Morgan fingerprint density at radius 3 is 2.44 bits per heavy atom. The lowest BCUT2D eigenvalue weighted by molar-refractivity contribution is -0.141. The van der Waals surface area contributed by atoms with E-state index < -0.39 is 52.2 Å². The lowest BCUT2D eigenvalue weighted by Crippen LogP contribution is -2.51. The van der Waals surface area contributed by atoms with Crippen molar-refractivity contribution >= 4 is 17.5 Å². The topological polar surface area (TPSA) is 146 Å². The molecular weight excluding hydrogens is 457 g/mol. The fourth-order valence-corrected chi connectivity index (χ4v) is 4.04. The molecule has 0 saturated carbocycles. The second kappa shape index (κ2) is 9.79. The Labute approximate surface area is 192 Å². The number of alkyl halides is 3. The summed E-state index contributed by atoms with van der Waals surface area (Å²) in [7, 11) is 0. The Morgan fingerprint density at radius 1 is 1.18 bits per heavy atom. The van der Waals surface area contributed by atoms with E-state index in [1.807, 2.05) is 0 Å². The van der Waals surface area contributed by atoms with Gasteiger partial charge in [-0.2, -0.15) is 13.2 Å². The van der Waals surface area contributed by atoms with Crippen molar-refractivity contribution in [3.05, 3.63) is 56.0 Å². The minimum absolute atomic E-state index is 0.0584. The Morgan fingerprint density at radius 2 is 1.88 bits per heavy atom. The van der Waals surface area contributed by atoms with Crippen LogP contribution < -0.4 is 22.7 Å². The number of hydrogen-bond donors (Lipinski definition) is 2. The number of likely N-dealkylation sites (tertiary alicyclic amines) is 1. The fraction of sp³-hybridized carbons (Fsp3) is 0.476. The number of rotatable bonds is 7. The first kappa shape index (κ1) is 25.1. The third kappa shape index (κ3) is 5.03. The number of pyridine rings is 1. The van der Waals surface area contributed by atoms with Gasteiger partial charge in [-0.15, -0.1) is 0 Å². The van der Waals surface area contributed by atoms with Crippen molar-refractivity contribution in [1.82, 2.24) is 19.0 Å². The number of Topliss-reactive ketones (excluding diaryl/α,β-unsaturated/α-hetero) is 1. The van der Waals surface area contributed by atoms with Gasteiger partial charge in [-0.25, -0.2) is 4.79 Å². The van der Waals surface area contributed by atoms with Crippen LogP contribution in [0, 0.1) is 0 Å². The molecule has 3 rings (SSSR count). The van der Waals surface area contributed by atoms with Gasteiger partial charge in [-0.3, -0.25) is 33.4 Å². The molecule has 0 aromatic carbocycles. The van der Waals surface area contributed by atoms with E-state index in [1.165, 1.54) is 6.92 Å². The molecule has 4 N–H and O–H groups in total. The van der Waals surface area contributed by atoms with E-state index in [4.69, 9.17) is 11.5 Å². The van der Waals surface area contributed by atoms with E-state index in [0.29, 0.717) is 13.0 Å². The van der Waals surface area contributed by atoms with Crippen LogP contribution in [0.15, 0.2) is 27.9 Å². The van der Waals surface area contributed by atoms with Gasteiger partial charge < -0.3 is 11.5 Å². The largest absolute Gasteiger partial charge is 0.433 e. The number of piperidine rings is 1. The molecule has 13 heteroatoms. The highest BCUT2D eigenvalue weighted by molar-refractivity contribution is 6.01. The highest BCUT2D eigenvalue weighted by Gasteiger charge is 2.33. The maximum atomic E-state index is 13.1. The number of aromatic nitrogens is 3. The summed E-state index contributed by atoms with van der Waals surface area (Å²) in [6.07, 6.45) is -1.68. The average Bonchev–Trinajstić information content (AvgIpc) is 2.77. The first-order chi connectivity index (χ1) is 16.0. The average molecular weight is 482 g/mol. The second-order valence-corrected chi connectivity index (χ2v) is 8.04. The number of amides is 1. The molecule has 0 bridgehead atoms. The summed E-state index contributed by atoms with van der Waals surface area (Å²) in [4.78, 5) is 55.6. The van der Waals surface area contributed by atoms with E-state index in [2.05, 4.69) is 4.98 Å². The van der Waals surface area contributed by atoms with Gasteiger partial charge >= 0.3 is 11.9 Å². The Hall–Kier alpha value is -3.48. The van der Waals surface area contributed by atoms with Crippen molar-refractivity contribution in [2.45, 2.75) is 51.5 Å². The molecule has 0 unspecified atom stereocenters. The summed E-state index contributed by atoms with van der Waals surface area (Å²) in [5.74, 6) is -1.67. The van der Waals surface area contributed by atoms with Gasteiger partial charge in [0.15, 0.2) is 5.78 Å². The lowest BCUT2D eigenvalue weighted by Gasteiger charge is -2.33. The number of nitrogens with two attached hydrogens (primary N) is 2. The summed E-state index contributed by atoms with van der Waals surface area (Å²) >= 11 is 0. The molecule has 184 valence electrons. The SMILES string of the molecule is CCn1c(=O)c(C(=O)CN2CCCC[C@@H]2C(N)=O)c(N)n(Cc2ccc(C(F)(F)F)nc2)c1=O. The monoisotopic (exact) mass is 482 g/mol. The van der Waals surface area contributed by atoms with Crippen LogP contribution in [0.1, 0.15) is 47.8 Å². The molecule has 1 atom stereocenters. The summed E-state index contributed by atoms with van der Waals surface area (Å²) in [6.45, 7) is 1.31. The molecule has 3 heterocycles. The smallest absolute Gasteiger partial charge is 0.384 e. The fourth-order valence-electron chi connectivity index (χ4n) is 4.04. The van der Waals surface area contributed by atoms with Gasteiger partial charge in [0.2, 0.25) is 5.91 Å². The highest BCUT2D eigenvalue weighted by Crippen LogP contribution is 2.27. The van der Waals surface area contributed by atoms with Crippen LogP contribution in [0.4, 0.5) is 19.0 Å². The molecule has 1 fully saturated rings. The molecule has 1 amide bonds. The van der Waals surface area contributed by atoms with Crippen LogP contribution >= 0.6 is 0 Å². The van der Waals surface area contributed by atoms with Crippen LogP contribution in [0.5, 0.6) is 0 Å². The molecule has 1 saturated heterocycles. The summed E-state index contributed by atoms with van der Waals surface area (Å²) in [5, 5.41) is 0. The number of primary amides is 1. The molecular formula is C21H25F3N6O4. The molecule has 34 heavy (non-hydrogen) atoms. The quantitative estimate of drug-likeness (QED) is 0.550. The van der Waals surface area contributed by atoms with E-state index >= 15 is 0 Å². The maximum absolute atomic E-state index is 13.1. The molecule has 0 radical (unpaired) electrons. The zero-order chi connectivity index (χ0) is 25.2. The molecule has 2 aromatic heterocycles. The van der Waals surface area contributed by atoms with Crippen LogP contribution in [0.3, 0.4) is 0 Å². The molecule has 1 aliphatic heterocycles. The van der Waals surface area contributed by atoms with E-state index in [-0.39, 0.29) is 25.2 Å². The van der Waals surface area contributed by atoms with Crippen molar-refractivity contribution in [3.8, 4) is 0 Å². The Balaban J connectivity index is 2.00. The van der Waals surface area contributed by atoms with E-state index in [0.717, 1.165) is 40.3 Å². The number of carbonyl (C=O) groups excluding carboxylic acids is 2. The highest BCUT2D eigenvalue weighted by atomic mass is 19.4. The number of nitrogen functional groups attached to an aromatic ring is 1. The van der Waals surface area contributed by atoms with E-state index in [9.17, 15) is 32.3 Å². The van der Waals surface area contributed by atoms with E-state index in [1.54, 1.807) is 4.90 Å². The van der Waals surface area contributed by atoms with Crippen molar-refractivity contribution in [3.63, 3.8) is 0 Å². The van der Waals surface area contributed by atoms with Gasteiger partial charge in [-0.05, 0) is 37.9 Å². The van der Waals surface area contributed by atoms with Crippen molar-refractivity contribution in [2.24, 2.45) is 5.73 Å². The number of nitrogens with zero attached hydrogens (tertiary/aromatic N) is 4. The second-order valence-electron chi connectivity index (χ2n) is 8.04. The van der Waals surface area contributed by atoms with Gasteiger partial charge in [0.1, 0.15) is 17.1 Å². The van der Waals surface area contributed by atoms with Crippen LogP contribution in [-0.2, 0) is 24.1 Å². The van der Waals surface area contributed by atoms with Gasteiger partial charge in [0.25, 0.3) is 5.56 Å². The number of carbonyl (C=O) groups is 2. The number of anilines is 1. The third-order valence-electron chi connectivity index (χ3n) is 5.81. The van der Waals surface area contributed by atoms with Crippen LogP contribution in [0.25, 0.3) is 0 Å². The zero-order valence-corrected chi connectivity index (χ0v) is 18.5. The molecule has 2 aromatic rings. The predicted molar refractivity (Wildman–Crippen MR) is 116 cm³/mol. The molecule has 10 nitrogen and oxygen atoms in total. The molecule has 1 aliphatic rings. The van der Waals surface area contributed by atoms with Crippen molar-refractivity contribution < 1.29 is 22.8 Å². The third-order valence-corrected chi connectivity index (χ3v) is 5.81. The molecule has 0 aliphatic carbocycles. The van der Waals surface area contributed by atoms with Crippen molar-refractivity contribution in [2.75, 3.05) is 18.8 Å². The van der Waals surface area contributed by atoms with Gasteiger partial charge in [0, 0.05) is 12.7 Å². The normalized spacial score (nSPS) is 17.0. The van der Waals surface area contributed by atoms with Gasteiger partial charge in [-0.1, -0.05) is 12.5 Å². The van der Waals surface area contributed by atoms with Crippen LogP contribution in [-0.4, -0.2) is 49.8 Å². The first-order valence-corrected chi connectivity index (χ1v) is 10.7. The predicted octanol–water partition coefficient (Wildman–Crippen LogP) is 0.597. The Bertz CT molecular complexity index is 1200. The minimum Gasteiger partial charge on any atom is -0.384 e. The zero-order valence-electron chi connectivity index (χ0n) is 18.5. The van der Waals surface area contributed by atoms with Crippen LogP contribution in [0.2, 0.25) is 0 Å². The number of halogens is 3. The van der Waals surface area contributed by atoms with Gasteiger partial charge in [0.05, 0.1) is 19.1 Å². The summed E-state index contributed by atoms with van der Waals surface area (Å²) in [5.41, 5.74) is 8.53. The number of ketones is 1. The summed E-state index contributed by atoms with van der Waals surface area (Å²) in [6, 6.07) is 1.24. The first-order valence-electron chi connectivity index (χ1n) is 10.7. The summed E-state index contributed by atoms with van der Waals surface area (Å²) < 4.78 is 40.1. The minimum atomic E-state index is -4.62. The Kier molecular flexibility index (Phi) is 7.24. The molecule has 0 spiro atoms. The number of hydrogen-bond acceptors (Lipinski definition) is 7. The maximum Gasteiger partial charge on any atom is 0.433 e. The lowest BCUT2D eigenvalue weighted by atomic mass is 10.0. The van der Waals surface area contributed by atoms with Crippen molar-refractivity contribution in [1.29, 1.82) is 0 Å². The standard InChI is InChI=1S/C21H25F3N6O4/c1-2-29-19(33)16(14(31)11-28-8-4-3-5-13(28)18(26)32)17(25)30(20(29)34)10-12-6-7-15(27-9-12)21(22,23)24/h6-7,9,13H,2-5,8,10-11,25H2,1H3,(H2,26,32)/t13-/m1/s1.